The first kappa shape index (κ1) is 21.3. The lowest BCUT2D eigenvalue weighted by atomic mass is 10.1. The van der Waals surface area contributed by atoms with E-state index in [1.54, 1.807) is 55.2 Å². The lowest BCUT2D eigenvalue weighted by Crippen LogP contribution is -2.33. The smallest absolute Gasteiger partial charge is 0.414 e. The van der Waals surface area contributed by atoms with E-state index in [4.69, 9.17) is 4.74 Å². The zero-order valence-corrected chi connectivity index (χ0v) is 17.8. The maximum atomic E-state index is 15.0. The number of aromatic nitrogens is 2. The van der Waals surface area contributed by atoms with Crippen molar-refractivity contribution in [3.63, 3.8) is 0 Å². The molecule has 3 amide bonds. The number of ether oxygens (including phenoxy) is 1. The van der Waals surface area contributed by atoms with Crippen LogP contribution in [0.5, 0.6) is 0 Å². The number of benzene rings is 1. The summed E-state index contributed by atoms with van der Waals surface area (Å²) in [5.74, 6) is -0.951. The number of carbonyl (C=O) groups is 3. The summed E-state index contributed by atoms with van der Waals surface area (Å²) in [5, 5.41) is 2.60. The molecular weight excluding hydrogens is 417 g/mol. The fourth-order valence-corrected chi connectivity index (χ4v) is 3.49. The van der Waals surface area contributed by atoms with Crippen LogP contribution in [-0.4, -0.2) is 65.5 Å². The standard InChI is InChI=1S/C22H22FN5O4/c1-13(29)24-9-16-11-28(22(31)32-16)15-5-6-17(18(23)8-15)14-4-7-20-25-19(12-27(20)10-14)21(30)26(2)3/h4-8,10,12,16H,9,11H2,1-3H3,(H,24,29)/t16-/m0/s1. The van der Waals surface area contributed by atoms with E-state index in [0.717, 1.165) is 0 Å². The average molecular weight is 439 g/mol. The van der Waals surface area contributed by atoms with Crippen molar-refractivity contribution in [1.82, 2.24) is 19.6 Å². The maximum absolute atomic E-state index is 15.0. The highest BCUT2D eigenvalue weighted by Gasteiger charge is 2.32. The maximum Gasteiger partial charge on any atom is 0.414 e. The first-order chi connectivity index (χ1) is 15.2. The molecule has 1 saturated heterocycles. The molecule has 1 aliphatic rings. The Morgan fingerprint density at radius 1 is 1.25 bits per heavy atom. The van der Waals surface area contributed by atoms with E-state index in [9.17, 15) is 18.8 Å². The van der Waals surface area contributed by atoms with Gasteiger partial charge < -0.3 is 19.4 Å². The molecule has 166 valence electrons. The minimum Gasteiger partial charge on any atom is -0.442 e. The van der Waals surface area contributed by atoms with Gasteiger partial charge in [-0.2, -0.15) is 0 Å². The van der Waals surface area contributed by atoms with Crippen molar-refractivity contribution in [3.05, 3.63) is 54.2 Å². The number of nitrogens with zero attached hydrogens (tertiary/aromatic N) is 4. The van der Waals surface area contributed by atoms with Gasteiger partial charge in [-0.1, -0.05) is 0 Å². The number of cyclic esters (lactones) is 1. The summed E-state index contributed by atoms with van der Waals surface area (Å²) >= 11 is 0. The fourth-order valence-electron chi connectivity index (χ4n) is 3.49. The minimum absolute atomic E-state index is 0.196. The Morgan fingerprint density at radius 3 is 2.72 bits per heavy atom. The molecule has 32 heavy (non-hydrogen) atoms. The molecule has 0 aliphatic carbocycles. The largest absolute Gasteiger partial charge is 0.442 e. The summed E-state index contributed by atoms with van der Waals surface area (Å²) in [6.45, 7) is 1.79. The molecule has 10 heteroatoms. The molecule has 1 atom stereocenters. The van der Waals surface area contributed by atoms with Crippen molar-refractivity contribution >= 4 is 29.2 Å². The van der Waals surface area contributed by atoms with E-state index < -0.39 is 18.0 Å². The van der Waals surface area contributed by atoms with Crippen molar-refractivity contribution in [3.8, 4) is 11.1 Å². The molecule has 0 saturated carbocycles. The zero-order chi connectivity index (χ0) is 23.0. The van der Waals surface area contributed by atoms with E-state index in [0.29, 0.717) is 28.2 Å². The molecule has 2 aromatic heterocycles. The Kier molecular flexibility index (Phi) is 5.52. The van der Waals surface area contributed by atoms with E-state index in [2.05, 4.69) is 10.3 Å². The van der Waals surface area contributed by atoms with Crippen LogP contribution in [0.4, 0.5) is 14.9 Å². The number of hydrogen-bond acceptors (Lipinski definition) is 5. The number of nitrogens with one attached hydrogen (secondary N) is 1. The van der Waals surface area contributed by atoms with Crippen LogP contribution in [0.25, 0.3) is 16.8 Å². The van der Waals surface area contributed by atoms with Crippen LogP contribution < -0.4 is 10.2 Å². The van der Waals surface area contributed by atoms with Gasteiger partial charge in [0.25, 0.3) is 5.91 Å². The number of imidazole rings is 1. The second kappa shape index (κ2) is 8.29. The number of amides is 3. The normalized spacial score (nSPS) is 15.7. The Labute approximate surface area is 183 Å². The van der Waals surface area contributed by atoms with Crippen LogP contribution in [0, 0.1) is 5.82 Å². The van der Waals surface area contributed by atoms with Crippen molar-refractivity contribution in [1.29, 1.82) is 0 Å². The van der Waals surface area contributed by atoms with Gasteiger partial charge in [-0.25, -0.2) is 14.2 Å². The molecule has 3 aromatic rings. The van der Waals surface area contributed by atoms with Crippen LogP contribution in [0.1, 0.15) is 17.4 Å². The summed E-state index contributed by atoms with van der Waals surface area (Å²) in [7, 11) is 3.29. The molecule has 0 spiro atoms. The number of halogens is 1. The van der Waals surface area contributed by atoms with Gasteiger partial charge in [0.2, 0.25) is 5.91 Å². The third-order valence-electron chi connectivity index (χ3n) is 5.10. The molecule has 3 heterocycles. The molecule has 4 rings (SSSR count). The number of carbonyl (C=O) groups excluding carboxylic acids is 3. The second-order valence-electron chi connectivity index (χ2n) is 7.73. The van der Waals surface area contributed by atoms with Gasteiger partial charge in [0.1, 0.15) is 23.3 Å². The van der Waals surface area contributed by atoms with Crippen LogP contribution >= 0.6 is 0 Å². The lowest BCUT2D eigenvalue weighted by Gasteiger charge is -2.14. The van der Waals surface area contributed by atoms with Crippen molar-refractivity contribution in [2.75, 3.05) is 32.1 Å². The quantitative estimate of drug-likeness (QED) is 0.658. The fraction of sp³-hybridized carbons (Fsp3) is 0.273. The molecule has 0 unspecified atom stereocenters. The minimum atomic E-state index is -0.592. The Balaban J connectivity index is 1.57. The van der Waals surface area contributed by atoms with E-state index in [-0.39, 0.29) is 24.9 Å². The molecule has 1 fully saturated rings. The van der Waals surface area contributed by atoms with Gasteiger partial charge in [0, 0.05) is 44.5 Å². The number of hydrogen-bond donors (Lipinski definition) is 1. The molecule has 0 radical (unpaired) electrons. The van der Waals surface area contributed by atoms with E-state index >= 15 is 0 Å². The average Bonchev–Trinajstić information content (AvgIpc) is 3.34. The van der Waals surface area contributed by atoms with Crippen LogP contribution in [-0.2, 0) is 9.53 Å². The van der Waals surface area contributed by atoms with Crippen molar-refractivity contribution < 1.29 is 23.5 Å². The SMILES string of the molecule is CC(=O)NC[C@H]1CN(c2ccc(-c3ccc4nc(C(=O)N(C)C)cn4c3)c(F)c2)C(=O)O1. The van der Waals surface area contributed by atoms with Gasteiger partial charge in [-0.05, 0) is 30.3 Å². The first-order valence-corrected chi connectivity index (χ1v) is 9.96. The predicted molar refractivity (Wildman–Crippen MR) is 115 cm³/mol. The van der Waals surface area contributed by atoms with E-state index in [1.165, 1.54) is 22.8 Å². The van der Waals surface area contributed by atoms with Crippen LogP contribution in [0.15, 0.2) is 42.7 Å². The van der Waals surface area contributed by atoms with Crippen LogP contribution in [0.2, 0.25) is 0 Å². The molecular formula is C22H22FN5O4. The monoisotopic (exact) mass is 439 g/mol. The third-order valence-corrected chi connectivity index (χ3v) is 5.10. The first-order valence-electron chi connectivity index (χ1n) is 9.96. The van der Waals surface area contributed by atoms with Gasteiger partial charge >= 0.3 is 6.09 Å². The summed E-state index contributed by atoms with van der Waals surface area (Å²) < 4.78 is 21.9. The lowest BCUT2D eigenvalue weighted by molar-refractivity contribution is -0.119. The highest BCUT2D eigenvalue weighted by Crippen LogP contribution is 2.29. The number of pyridine rings is 1. The summed E-state index contributed by atoms with van der Waals surface area (Å²) in [6, 6.07) is 7.93. The van der Waals surface area contributed by atoms with Crippen LogP contribution in [0.3, 0.4) is 0 Å². The molecule has 9 nitrogen and oxygen atoms in total. The Hall–Kier alpha value is -3.95. The second-order valence-corrected chi connectivity index (χ2v) is 7.73. The number of rotatable bonds is 5. The Bertz CT molecular complexity index is 1220. The topological polar surface area (TPSA) is 96.3 Å². The van der Waals surface area contributed by atoms with Crippen molar-refractivity contribution in [2.24, 2.45) is 0 Å². The summed E-state index contributed by atoms with van der Waals surface area (Å²) in [5.41, 5.74) is 2.16. The predicted octanol–water partition coefficient (Wildman–Crippen LogP) is 2.30. The molecule has 1 aromatic carbocycles. The molecule has 0 bridgehead atoms. The van der Waals surface area contributed by atoms with Gasteiger partial charge in [-0.3, -0.25) is 14.5 Å². The van der Waals surface area contributed by atoms with Crippen molar-refractivity contribution in [2.45, 2.75) is 13.0 Å². The van der Waals surface area contributed by atoms with Gasteiger partial charge in [-0.15, -0.1) is 0 Å². The molecule has 1 N–H and O–H groups in total. The number of anilines is 1. The Morgan fingerprint density at radius 2 is 2.03 bits per heavy atom. The van der Waals surface area contributed by atoms with Gasteiger partial charge in [0.15, 0.2) is 0 Å². The summed E-state index contributed by atoms with van der Waals surface area (Å²) in [4.78, 5) is 42.4. The number of fused-ring (bicyclic) bond motifs is 1. The highest BCUT2D eigenvalue weighted by molar-refractivity contribution is 5.92. The zero-order valence-electron chi connectivity index (χ0n) is 17.8. The third kappa shape index (κ3) is 4.11. The van der Waals surface area contributed by atoms with E-state index in [1.807, 2.05) is 0 Å². The highest BCUT2D eigenvalue weighted by atomic mass is 19.1. The molecule has 1 aliphatic heterocycles. The summed E-state index contributed by atoms with van der Waals surface area (Å²) in [6.07, 6.45) is 2.20. The van der Waals surface area contributed by atoms with Gasteiger partial charge in [0.05, 0.1) is 18.8 Å².